The molecule has 0 saturated carbocycles. The third kappa shape index (κ3) is 5.51. The zero-order valence-electron chi connectivity index (χ0n) is 19.5. The normalized spacial score (nSPS) is 13.1. The second kappa shape index (κ2) is 10.4. The molecule has 9 nitrogen and oxygen atoms in total. The van der Waals surface area contributed by atoms with E-state index in [1.54, 1.807) is 0 Å². The summed E-state index contributed by atoms with van der Waals surface area (Å²) in [6, 6.07) is 17.0. The van der Waals surface area contributed by atoms with Crippen LogP contribution in [0, 0.1) is 5.92 Å². The van der Waals surface area contributed by atoms with Gasteiger partial charge in [-0.05, 0) is 28.2 Å². The lowest BCUT2D eigenvalue weighted by Gasteiger charge is -2.19. The molecule has 182 valence electrons. The van der Waals surface area contributed by atoms with Gasteiger partial charge in [0, 0.05) is 18.0 Å². The van der Waals surface area contributed by atoms with Crippen molar-refractivity contribution in [1.29, 1.82) is 0 Å². The van der Waals surface area contributed by atoms with E-state index in [2.05, 4.69) is 27.9 Å². The molecule has 1 aliphatic rings. The second-order valence-electron chi connectivity index (χ2n) is 8.78. The van der Waals surface area contributed by atoms with Gasteiger partial charge in [-0.25, -0.2) is 4.79 Å². The Balaban J connectivity index is 1.30. The van der Waals surface area contributed by atoms with Crippen molar-refractivity contribution in [3.8, 4) is 11.1 Å². The quantitative estimate of drug-likeness (QED) is 0.425. The number of alkyl carbamates (subject to hydrolysis) is 1. The number of aliphatic carboxylic acids is 1. The molecule has 1 heterocycles. The number of carboxylic acids is 1. The monoisotopic (exact) mass is 477 g/mol. The number of hydrogen-bond donors (Lipinski definition) is 3. The molecule has 0 bridgehead atoms. The van der Waals surface area contributed by atoms with Gasteiger partial charge in [0.15, 0.2) is 11.5 Å². The van der Waals surface area contributed by atoms with Crippen molar-refractivity contribution in [2.45, 2.75) is 38.8 Å². The molecular formula is C26H27N3O6. The van der Waals surface area contributed by atoms with Crippen LogP contribution in [0.2, 0.25) is 0 Å². The smallest absolute Gasteiger partial charge is 0.407 e. The third-order valence-electron chi connectivity index (χ3n) is 6.06. The first-order valence-electron chi connectivity index (χ1n) is 11.4. The average molecular weight is 478 g/mol. The van der Waals surface area contributed by atoms with Crippen LogP contribution >= 0.6 is 0 Å². The number of carboxylic acid groups (broad SMARTS) is 1. The highest BCUT2D eigenvalue weighted by molar-refractivity contribution is 5.92. The van der Waals surface area contributed by atoms with Crippen LogP contribution < -0.4 is 10.6 Å². The van der Waals surface area contributed by atoms with E-state index in [-0.39, 0.29) is 42.9 Å². The van der Waals surface area contributed by atoms with E-state index in [1.807, 2.05) is 50.2 Å². The Morgan fingerprint density at radius 2 is 1.69 bits per heavy atom. The molecule has 1 atom stereocenters. The Morgan fingerprint density at radius 3 is 2.29 bits per heavy atom. The molecular weight excluding hydrogens is 450 g/mol. The van der Waals surface area contributed by atoms with Crippen LogP contribution in [0.5, 0.6) is 0 Å². The Hall–Kier alpha value is -4.14. The molecule has 1 aliphatic carbocycles. The lowest BCUT2D eigenvalue weighted by Crippen LogP contribution is -2.40. The van der Waals surface area contributed by atoms with Crippen molar-refractivity contribution >= 4 is 18.0 Å². The van der Waals surface area contributed by atoms with Crippen molar-refractivity contribution in [1.82, 2.24) is 15.8 Å². The van der Waals surface area contributed by atoms with Crippen LogP contribution in [0.4, 0.5) is 4.79 Å². The highest BCUT2D eigenvalue weighted by Crippen LogP contribution is 2.44. The molecule has 1 aromatic heterocycles. The lowest BCUT2D eigenvalue weighted by atomic mass is 9.98. The number of aromatic nitrogens is 1. The first-order valence-corrected chi connectivity index (χ1v) is 11.4. The molecule has 2 aromatic carbocycles. The van der Waals surface area contributed by atoms with E-state index in [1.165, 1.54) is 6.07 Å². The number of nitrogens with one attached hydrogen (secondary N) is 2. The topological polar surface area (TPSA) is 131 Å². The van der Waals surface area contributed by atoms with Crippen molar-refractivity contribution < 1.29 is 28.8 Å². The molecule has 0 aliphatic heterocycles. The number of hydrogen-bond acceptors (Lipinski definition) is 6. The number of fused-ring (bicyclic) bond motifs is 3. The van der Waals surface area contributed by atoms with Crippen LogP contribution in [-0.4, -0.2) is 40.9 Å². The SMILES string of the molecule is CC(C)[C@H](CC(=O)O)NC(=O)c1cc(CNC(=O)OCC2c3ccccc3-c3ccccc32)on1. The van der Waals surface area contributed by atoms with Gasteiger partial charge in [-0.15, -0.1) is 0 Å². The van der Waals surface area contributed by atoms with Gasteiger partial charge in [0.1, 0.15) is 6.61 Å². The van der Waals surface area contributed by atoms with Gasteiger partial charge in [0.2, 0.25) is 0 Å². The summed E-state index contributed by atoms with van der Waals surface area (Å²) in [4.78, 5) is 35.7. The molecule has 0 radical (unpaired) electrons. The van der Waals surface area contributed by atoms with Crippen LogP contribution in [-0.2, 0) is 16.1 Å². The summed E-state index contributed by atoms with van der Waals surface area (Å²) in [7, 11) is 0. The maximum absolute atomic E-state index is 12.4. The fraction of sp³-hybridized carbons (Fsp3) is 0.308. The number of carbonyl (C=O) groups is 3. The largest absolute Gasteiger partial charge is 0.481 e. The molecule has 3 aromatic rings. The van der Waals surface area contributed by atoms with Crippen molar-refractivity contribution in [3.05, 3.63) is 77.2 Å². The zero-order valence-corrected chi connectivity index (χ0v) is 19.5. The molecule has 0 spiro atoms. The van der Waals surface area contributed by atoms with Crippen molar-refractivity contribution in [2.75, 3.05) is 6.61 Å². The van der Waals surface area contributed by atoms with E-state index in [0.717, 1.165) is 22.3 Å². The van der Waals surface area contributed by atoms with Gasteiger partial charge in [-0.2, -0.15) is 0 Å². The lowest BCUT2D eigenvalue weighted by molar-refractivity contribution is -0.137. The Bertz CT molecular complexity index is 1190. The summed E-state index contributed by atoms with van der Waals surface area (Å²) < 4.78 is 10.6. The molecule has 2 amide bonds. The fourth-order valence-corrected chi connectivity index (χ4v) is 4.20. The molecule has 0 saturated heterocycles. The molecule has 9 heteroatoms. The summed E-state index contributed by atoms with van der Waals surface area (Å²) in [6.07, 6.45) is -0.812. The first kappa shape index (κ1) is 24.0. The number of carbonyl (C=O) groups excluding carboxylic acids is 2. The number of rotatable bonds is 9. The first-order chi connectivity index (χ1) is 16.8. The number of ether oxygens (including phenoxy) is 1. The summed E-state index contributed by atoms with van der Waals surface area (Å²) >= 11 is 0. The highest BCUT2D eigenvalue weighted by Gasteiger charge is 2.29. The zero-order chi connectivity index (χ0) is 24.9. The number of nitrogens with zero attached hydrogens (tertiary/aromatic N) is 1. The van der Waals surface area contributed by atoms with Crippen molar-refractivity contribution in [3.63, 3.8) is 0 Å². The molecule has 35 heavy (non-hydrogen) atoms. The second-order valence-corrected chi connectivity index (χ2v) is 8.78. The average Bonchev–Trinajstić information content (AvgIpc) is 3.44. The van der Waals surface area contributed by atoms with E-state index in [9.17, 15) is 14.4 Å². The predicted octanol–water partition coefficient (Wildman–Crippen LogP) is 3.94. The minimum Gasteiger partial charge on any atom is -0.481 e. The molecule has 0 fully saturated rings. The van der Waals surface area contributed by atoms with Gasteiger partial charge in [-0.3, -0.25) is 9.59 Å². The van der Waals surface area contributed by atoms with Crippen LogP contribution in [0.25, 0.3) is 11.1 Å². The van der Waals surface area contributed by atoms with E-state index in [4.69, 9.17) is 14.4 Å². The minimum atomic E-state index is -1.00. The maximum atomic E-state index is 12.4. The summed E-state index contributed by atoms with van der Waals surface area (Å²) in [5.74, 6) is -1.40. The molecule has 4 rings (SSSR count). The number of benzene rings is 2. The van der Waals surface area contributed by atoms with Gasteiger partial charge >= 0.3 is 12.1 Å². The van der Waals surface area contributed by atoms with Crippen molar-refractivity contribution in [2.24, 2.45) is 5.92 Å². The Morgan fingerprint density at radius 1 is 1.06 bits per heavy atom. The number of amides is 2. The fourth-order valence-electron chi connectivity index (χ4n) is 4.20. The molecule has 3 N–H and O–H groups in total. The summed E-state index contributed by atoms with van der Waals surface area (Å²) in [6.45, 7) is 3.81. The van der Waals surface area contributed by atoms with Crippen LogP contribution in [0.3, 0.4) is 0 Å². The van der Waals surface area contributed by atoms with Crippen LogP contribution in [0.15, 0.2) is 59.1 Å². The molecule has 0 unspecified atom stereocenters. The summed E-state index contributed by atoms with van der Waals surface area (Å²) in [5, 5.41) is 18.0. The maximum Gasteiger partial charge on any atom is 0.407 e. The van der Waals surface area contributed by atoms with Crippen LogP contribution in [0.1, 0.15) is 53.6 Å². The summed E-state index contributed by atoms with van der Waals surface area (Å²) in [5.41, 5.74) is 4.54. The van der Waals surface area contributed by atoms with E-state index >= 15 is 0 Å². The third-order valence-corrected chi connectivity index (χ3v) is 6.06. The van der Waals surface area contributed by atoms with Gasteiger partial charge in [0.05, 0.1) is 13.0 Å². The van der Waals surface area contributed by atoms with Gasteiger partial charge in [0.25, 0.3) is 5.91 Å². The Labute approximate surface area is 202 Å². The van der Waals surface area contributed by atoms with Gasteiger partial charge in [-0.1, -0.05) is 67.5 Å². The minimum absolute atomic E-state index is 0.00498. The standard InChI is InChI=1S/C26H27N3O6/c1-15(2)22(12-24(30)31)28-25(32)23-11-16(35-29-23)13-27-26(33)34-14-21-19-9-5-3-7-17(19)18-8-4-6-10-20(18)21/h3-11,15,21-22H,12-14H2,1-2H3,(H,27,33)(H,28,32)(H,30,31)/t22-/m0/s1. The predicted molar refractivity (Wildman–Crippen MR) is 127 cm³/mol. The Kier molecular flexibility index (Phi) is 7.14. The highest BCUT2D eigenvalue weighted by atomic mass is 16.5. The van der Waals surface area contributed by atoms with E-state index < -0.39 is 24.0 Å². The van der Waals surface area contributed by atoms with Gasteiger partial charge < -0.3 is 25.0 Å². The van der Waals surface area contributed by atoms with E-state index in [0.29, 0.717) is 0 Å².